The number of nitrogens with zero attached hydrogens (tertiary/aromatic N) is 13. The SMILES string of the molecule is CCNC(=O)c1nnc(-c2cc(C(C)C)c(O)cc2O)n1-c1ccc(CN2CCN(C(=O)c3ccc(CN4CCN(c5nc(-c6cnc(N)nc6C(F)F)nc(N6CCOCC6)n5)CC4)cc3)CC2)cc1. The molecular weight excluding hydrogens is 917 g/mol. The molecule has 71 heavy (non-hydrogen) atoms. The van der Waals surface area contributed by atoms with E-state index in [1.165, 1.54) is 12.3 Å². The third-order valence-electron chi connectivity index (χ3n) is 12.9. The zero-order valence-corrected chi connectivity index (χ0v) is 39.9. The molecule has 6 aromatic rings. The lowest BCUT2D eigenvalue weighted by molar-refractivity contribution is 0.0628. The number of hydrogen-bond donors (Lipinski definition) is 4. The van der Waals surface area contributed by atoms with E-state index in [-0.39, 0.29) is 52.3 Å². The van der Waals surface area contributed by atoms with E-state index in [0.29, 0.717) is 133 Å². The summed E-state index contributed by atoms with van der Waals surface area (Å²) < 4.78 is 35.3. The molecule has 3 fully saturated rings. The Balaban J connectivity index is 0.791. The summed E-state index contributed by atoms with van der Waals surface area (Å²) in [5.41, 5.74) is 9.46. The third kappa shape index (κ3) is 10.8. The van der Waals surface area contributed by atoms with Crippen molar-refractivity contribution in [3.63, 3.8) is 0 Å². The number of hydrogen-bond acceptors (Lipinski definition) is 17. The molecule has 9 rings (SSSR count). The van der Waals surface area contributed by atoms with Crippen LogP contribution in [0.25, 0.3) is 28.5 Å². The fraction of sp³-hybridized carbons (Fsp3) is 0.408. The molecule has 0 spiro atoms. The number of nitrogens with one attached hydrogen (secondary N) is 1. The second kappa shape index (κ2) is 21.3. The molecule has 3 saturated heterocycles. The van der Waals surface area contributed by atoms with E-state index in [1.54, 1.807) is 10.6 Å². The summed E-state index contributed by atoms with van der Waals surface area (Å²) in [6.07, 6.45) is -1.67. The number of carbonyl (C=O) groups excluding carboxylic acids is 2. The predicted molar refractivity (Wildman–Crippen MR) is 261 cm³/mol. The van der Waals surface area contributed by atoms with Crippen LogP contribution in [0.1, 0.15) is 76.5 Å². The first-order valence-electron chi connectivity index (χ1n) is 23.8. The highest BCUT2D eigenvalue weighted by molar-refractivity contribution is 5.94. The maximum atomic E-state index is 14.1. The van der Waals surface area contributed by atoms with Gasteiger partial charge >= 0.3 is 0 Å². The van der Waals surface area contributed by atoms with Crippen LogP contribution in [0.2, 0.25) is 0 Å². The van der Waals surface area contributed by atoms with Crippen molar-refractivity contribution in [1.82, 2.24) is 59.7 Å². The van der Waals surface area contributed by atoms with E-state index < -0.39 is 18.0 Å². The van der Waals surface area contributed by atoms with E-state index in [9.17, 15) is 28.6 Å². The molecule has 3 aromatic carbocycles. The lowest BCUT2D eigenvalue weighted by Crippen LogP contribution is -2.48. The molecule has 2 amide bonds. The molecule has 3 aliphatic heterocycles. The number of anilines is 3. The van der Waals surface area contributed by atoms with E-state index in [2.05, 4.69) is 45.2 Å². The summed E-state index contributed by atoms with van der Waals surface area (Å²) in [4.78, 5) is 59.0. The van der Waals surface area contributed by atoms with Gasteiger partial charge in [0.15, 0.2) is 11.6 Å². The van der Waals surface area contributed by atoms with E-state index in [0.717, 1.165) is 11.1 Å². The van der Waals surface area contributed by atoms with Crippen molar-refractivity contribution >= 4 is 29.7 Å². The zero-order chi connectivity index (χ0) is 49.8. The van der Waals surface area contributed by atoms with Gasteiger partial charge in [0.2, 0.25) is 23.7 Å². The molecule has 0 saturated carbocycles. The van der Waals surface area contributed by atoms with E-state index in [4.69, 9.17) is 15.5 Å². The highest BCUT2D eigenvalue weighted by Gasteiger charge is 2.29. The van der Waals surface area contributed by atoms with Crippen molar-refractivity contribution < 1.29 is 33.3 Å². The molecule has 6 heterocycles. The van der Waals surface area contributed by atoms with Crippen LogP contribution in [0.3, 0.4) is 0 Å². The molecule has 5 N–H and O–H groups in total. The number of rotatable bonds is 14. The third-order valence-corrected chi connectivity index (χ3v) is 12.9. The van der Waals surface area contributed by atoms with E-state index in [1.807, 2.05) is 84.0 Å². The minimum atomic E-state index is -2.91. The lowest BCUT2D eigenvalue weighted by Gasteiger charge is -2.35. The first-order valence-corrected chi connectivity index (χ1v) is 23.8. The van der Waals surface area contributed by atoms with Crippen molar-refractivity contribution in [2.24, 2.45) is 0 Å². The largest absolute Gasteiger partial charge is 0.508 e. The fourth-order valence-corrected chi connectivity index (χ4v) is 9.01. The predicted octanol–water partition coefficient (Wildman–Crippen LogP) is 4.50. The Kier molecular flexibility index (Phi) is 14.6. The number of carbonyl (C=O) groups is 2. The molecule has 3 aliphatic rings. The summed E-state index contributed by atoms with van der Waals surface area (Å²) in [6, 6.07) is 18.5. The van der Waals surface area contributed by atoms with Crippen LogP contribution >= 0.6 is 0 Å². The molecule has 0 aliphatic carbocycles. The summed E-state index contributed by atoms with van der Waals surface area (Å²) in [5.74, 6) is 0.214. The number of amides is 2. The summed E-state index contributed by atoms with van der Waals surface area (Å²) >= 11 is 0. The number of benzene rings is 3. The van der Waals surface area contributed by atoms with Gasteiger partial charge in [0, 0.05) is 109 Å². The summed E-state index contributed by atoms with van der Waals surface area (Å²) in [5, 5.41) is 32.7. The van der Waals surface area contributed by atoms with Crippen molar-refractivity contribution in [3.8, 4) is 40.0 Å². The summed E-state index contributed by atoms with van der Waals surface area (Å²) in [7, 11) is 0. The van der Waals surface area contributed by atoms with Crippen LogP contribution < -0.4 is 20.9 Å². The number of ether oxygens (including phenoxy) is 1. The Morgan fingerprint density at radius 3 is 1.96 bits per heavy atom. The number of phenolic OH excluding ortho intramolecular Hbond substituents is 2. The normalized spacial score (nSPS) is 16.0. The molecule has 0 atom stereocenters. The Hall–Kier alpha value is -7.43. The number of nitrogens with two attached hydrogens (primary N) is 1. The fourth-order valence-electron chi connectivity index (χ4n) is 9.01. The topological polar surface area (TPSA) is 233 Å². The number of piperazine rings is 2. The monoisotopic (exact) mass is 973 g/mol. The minimum absolute atomic E-state index is 0.00204. The Labute approximate surface area is 409 Å². The standard InChI is InChI=1S/C49H57F2N15O5/c1-4-53-45(69)44-60-59-43(36-25-35(30(2)3)38(67)26-39(36)68)66(44)34-11-7-32(8-12-34)29-61-13-17-63(18-14-61)46(70)33-9-5-31(6-10-33)28-62-15-19-64(20-16-62)48-56-42(37-27-54-47(52)55-40(37)41(50)51)57-49(58-48)65-21-23-71-24-22-65/h5-12,25-27,30,41,67-68H,4,13-24,28-29H2,1-3H3,(H,53,69)(H2,52,54,55). The van der Waals surface area contributed by atoms with Crippen LogP contribution in [0, 0.1) is 0 Å². The maximum Gasteiger partial charge on any atom is 0.289 e. The maximum absolute atomic E-state index is 14.1. The molecule has 0 unspecified atom stereocenters. The van der Waals surface area contributed by atoms with Gasteiger partial charge in [-0.1, -0.05) is 38.1 Å². The number of halogens is 2. The zero-order valence-electron chi connectivity index (χ0n) is 39.9. The Morgan fingerprint density at radius 2 is 1.35 bits per heavy atom. The Morgan fingerprint density at radius 1 is 0.746 bits per heavy atom. The molecular formula is C49H57F2N15O5. The molecule has 372 valence electrons. The van der Waals surface area contributed by atoms with Crippen molar-refractivity contribution in [3.05, 3.63) is 101 Å². The average molecular weight is 974 g/mol. The highest BCUT2D eigenvalue weighted by Crippen LogP contribution is 2.38. The minimum Gasteiger partial charge on any atom is -0.508 e. The van der Waals surface area contributed by atoms with Crippen LogP contribution in [-0.4, -0.2) is 162 Å². The van der Waals surface area contributed by atoms with Gasteiger partial charge in [-0.25, -0.2) is 18.7 Å². The van der Waals surface area contributed by atoms with Crippen LogP contribution in [0.4, 0.5) is 26.6 Å². The van der Waals surface area contributed by atoms with Crippen molar-refractivity contribution in [2.75, 3.05) is 101 Å². The molecule has 0 bridgehead atoms. The smallest absolute Gasteiger partial charge is 0.289 e. The molecule has 22 heteroatoms. The van der Waals surface area contributed by atoms with Crippen molar-refractivity contribution in [2.45, 2.75) is 46.2 Å². The van der Waals surface area contributed by atoms with Gasteiger partial charge in [-0.05, 0) is 59.9 Å². The summed E-state index contributed by atoms with van der Waals surface area (Å²) in [6.45, 7) is 14.6. The molecule has 0 radical (unpaired) electrons. The number of alkyl halides is 2. The average Bonchev–Trinajstić information content (AvgIpc) is 3.82. The van der Waals surface area contributed by atoms with Gasteiger partial charge in [-0.15, -0.1) is 10.2 Å². The van der Waals surface area contributed by atoms with Crippen LogP contribution in [0.5, 0.6) is 11.5 Å². The van der Waals surface area contributed by atoms with Gasteiger partial charge < -0.3 is 40.7 Å². The Bertz CT molecular complexity index is 2850. The van der Waals surface area contributed by atoms with Crippen LogP contribution in [-0.2, 0) is 17.8 Å². The quantitative estimate of drug-likeness (QED) is 0.118. The van der Waals surface area contributed by atoms with Gasteiger partial charge in [0.1, 0.15) is 17.2 Å². The molecule has 20 nitrogen and oxygen atoms in total. The molecule has 3 aromatic heterocycles. The van der Waals surface area contributed by atoms with Crippen molar-refractivity contribution in [1.29, 1.82) is 0 Å². The van der Waals surface area contributed by atoms with Gasteiger partial charge in [0.05, 0.1) is 24.3 Å². The number of aromatic nitrogens is 8. The second-order valence-corrected chi connectivity index (χ2v) is 18.0. The first-order chi connectivity index (χ1) is 34.3. The number of morpholine rings is 1. The van der Waals surface area contributed by atoms with Gasteiger partial charge in [0.25, 0.3) is 18.2 Å². The number of phenols is 2. The van der Waals surface area contributed by atoms with E-state index >= 15 is 0 Å². The van der Waals surface area contributed by atoms with Gasteiger partial charge in [-0.3, -0.25) is 24.0 Å². The second-order valence-electron chi connectivity index (χ2n) is 18.0. The highest BCUT2D eigenvalue weighted by atomic mass is 19.3. The number of aromatic hydroxyl groups is 2. The first kappa shape index (κ1) is 48.6. The van der Waals surface area contributed by atoms with Gasteiger partial charge in [-0.2, -0.15) is 15.0 Å². The lowest BCUT2D eigenvalue weighted by atomic mass is 9.98. The van der Waals surface area contributed by atoms with Crippen LogP contribution in [0.15, 0.2) is 66.9 Å². The number of nitrogen functional groups attached to an aromatic ring is 1.